The molecule has 1 fully saturated rings. The molecule has 0 saturated carbocycles. The smallest absolute Gasteiger partial charge is 0.412 e. The number of ether oxygens (including phenoxy) is 5. The Morgan fingerprint density at radius 1 is 0.783 bits per heavy atom. The molecule has 0 bridgehead atoms. The molecule has 46 heavy (non-hydrogen) atoms. The van der Waals surface area contributed by atoms with Crippen molar-refractivity contribution < 1.29 is 43.2 Å². The number of hydrogen-bond donors (Lipinski definition) is 2. The maximum atomic E-state index is 13.9. The third-order valence-corrected chi connectivity index (χ3v) is 8.10. The molecule has 2 heterocycles. The highest BCUT2D eigenvalue weighted by Crippen LogP contribution is 2.32. The van der Waals surface area contributed by atoms with Crippen LogP contribution in [0.5, 0.6) is 0 Å². The van der Waals surface area contributed by atoms with Crippen LogP contribution in [0.4, 0.5) is 10.5 Å². The number of methoxy groups -OCH3 is 1. The number of carbonyl (C=O) groups excluding carboxylic acids is 3. The number of aliphatic hydroxyl groups excluding tert-OH is 1. The first-order valence-electron chi connectivity index (χ1n) is 15.4. The molecule has 2 aliphatic heterocycles. The largest absolute Gasteiger partial charge is 0.454 e. The third-order valence-electron chi connectivity index (χ3n) is 8.10. The van der Waals surface area contributed by atoms with E-state index in [0.717, 1.165) is 11.1 Å². The predicted molar refractivity (Wildman–Crippen MR) is 168 cm³/mol. The zero-order valence-corrected chi connectivity index (χ0v) is 25.6. The van der Waals surface area contributed by atoms with E-state index < -0.39 is 67.2 Å². The fraction of sp³-hybridized carbons (Fsp3) is 0.361. The topological polar surface area (TPSA) is 130 Å². The minimum Gasteiger partial charge on any atom is -0.454 e. The van der Waals surface area contributed by atoms with Gasteiger partial charge in [-0.1, -0.05) is 91.0 Å². The highest BCUT2D eigenvalue weighted by atomic mass is 16.7. The number of benzene rings is 3. The van der Waals surface area contributed by atoms with Crippen molar-refractivity contribution >= 4 is 23.7 Å². The number of anilines is 1. The lowest BCUT2D eigenvalue weighted by molar-refractivity contribution is -0.300. The Morgan fingerprint density at radius 2 is 1.28 bits per heavy atom. The molecule has 10 heteroatoms. The van der Waals surface area contributed by atoms with Crippen molar-refractivity contribution in [2.45, 2.75) is 56.4 Å². The molecule has 0 aliphatic carbocycles. The molecule has 5 rings (SSSR count). The quantitative estimate of drug-likeness (QED) is 0.204. The number of esters is 2. The van der Waals surface area contributed by atoms with E-state index in [2.05, 4.69) is 5.32 Å². The van der Waals surface area contributed by atoms with Crippen molar-refractivity contribution in [2.75, 3.05) is 19.0 Å². The Morgan fingerprint density at radius 3 is 1.78 bits per heavy atom. The van der Waals surface area contributed by atoms with Crippen LogP contribution in [0.2, 0.25) is 0 Å². The Labute approximate surface area is 268 Å². The van der Waals surface area contributed by atoms with Crippen molar-refractivity contribution in [3.63, 3.8) is 0 Å². The van der Waals surface area contributed by atoms with E-state index in [0.29, 0.717) is 31.4 Å². The summed E-state index contributed by atoms with van der Waals surface area (Å²) in [5, 5.41) is 12.9. The van der Waals surface area contributed by atoms with E-state index in [1.165, 1.54) is 7.11 Å². The summed E-state index contributed by atoms with van der Waals surface area (Å²) in [5.41, 5.74) is 2.37. The van der Waals surface area contributed by atoms with Gasteiger partial charge in [-0.15, -0.1) is 0 Å². The molecule has 1 amide bonds. The summed E-state index contributed by atoms with van der Waals surface area (Å²) in [4.78, 5) is 40.8. The van der Waals surface area contributed by atoms with Crippen LogP contribution in [-0.4, -0.2) is 67.6 Å². The molecule has 242 valence electrons. The molecule has 2 aliphatic rings. The molecule has 0 unspecified atom stereocenters. The number of hydrogen-bond acceptors (Lipinski definition) is 9. The van der Waals surface area contributed by atoms with E-state index in [-0.39, 0.29) is 0 Å². The summed E-state index contributed by atoms with van der Waals surface area (Å²) in [5.74, 6) is -2.30. The molecule has 1 saturated heterocycles. The van der Waals surface area contributed by atoms with Crippen LogP contribution in [0.25, 0.3) is 0 Å². The van der Waals surface area contributed by atoms with Crippen molar-refractivity contribution in [3.8, 4) is 0 Å². The Bertz CT molecular complexity index is 1450. The molecule has 3 aromatic carbocycles. The fourth-order valence-corrected chi connectivity index (χ4v) is 5.71. The van der Waals surface area contributed by atoms with Gasteiger partial charge in [0, 0.05) is 12.8 Å². The van der Waals surface area contributed by atoms with Crippen molar-refractivity contribution in [1.29, 1.82) is 0 Å². The molecular formula is C36H39NO9. The molecular weight excluding hydrogens is 590 g/mol. The van der Waals surface area contributed by atoms with Gasteiger partial charge in [0.25, 0.3) is 0 Å². The van der Waals surface area contributed by atoms with Gasteiger partial charge in [0.2, 0.25) is 0 Å². The zero-order valence-electron chi connectivity index (χ0n) is 25.6. The number of allylic oxidation sites excluding steroid dienone is 2. The Balaban J connectivity index is 1.49. The van der Waals surface area contributed by atoms with Crippen LogP contribution in [0.15, 0.2) is 103 Å². The summed E-state index contributed by atoms with van der Waals surface area (Å²) >= 11 is 0. The maximum Gasteiger partial charge on any atom is 0.412 e. The first kappa shape index (κ1) is 32.9. The lowest BCUT2D eigenvalue weighted by Gasteiger charge is -2.44. The SMILES string of the molecule is CO[C@H]1O[C@H](CO)[C@@H](OC(=O)Nc2ccccc2)[C@@H]2OC(=O)[C@H](Cc3ccccc3)C/C=C\C[C@@H](Cc3ccccc3)C(=O)O[C@@H]12. The van der Waals surface area contributed by atoms with E-state index in [1.54, 1.807) is 30.3 Å². The minimum absolute atomic E-state index is 0.353. The monoisotopic (exact) mass is 629 g/mol. The lowest BCUT2D eigenvalue weighted by atomic mass is 9.92. The molecule has 0 radical (unpaired) electrons. The number of carbonyl (C=O) groups is 3. The van der Waals surface area contributed by atoms with Crippen LogP contribution in [0.3, 0.4) is 0 Å². The number of para-hydroxylation sites is 1. The van der Waals surface area contributed by atoms with Gasteiger partial charge < -0.3 is 28.8 Å². The zero-order chi connectivity index (χ0) is 32.3. The normalized spacial score (nSPS) is 27.5. The number of fused-ring (bicyclic) bond motifs is 1. The lowest BCUT2D eigenvalue weighted by Crippen LogP contribution is -2.63. The van der Waals surface area contributed by atoms with Crippen LogP contribution in [0.1, 0.15) is 24.0 Å². The molecule has 0 spiro atoms. The molecule has 0 aromatic heterocycles. The predicted octanol–water partition coefficient (Wildman–Crippen LogP) is 4.86. The Kier molecular flexibility index (Phi) is 11.6. The van der Waals surface area contributed by atoms with E-state index in [9.17, 15) is 19.5 Å². The van der Waals surface area contributed by atoms with Gasteiger partial charge >= 0.3 is 18.0 Å². The first-order chi connectivity index (χ1) is 22.4. The van der Waals surface area contributed by atoms with Gasteiger partial charge in [-0.2, -0.15) is 0 Å². The van der Waals surface area contributed by atoms with E-state index >= 15 is 0 Å². The highest BCUT2D eigenvalue weighted by Gasteiger charge is 2.53. The molecule has 7 atom stereocenters. The molecule has 10 nitrogen and oxygen atoms in total. The van der Waals surface area contributed by atoms with Gasteiger partial charge in [0.1, 0.15) is 6.10 Å². The summed E-state index contributed by atoms with van der Waals surface area (Å²) in [6.45, 7) is -0.593. The van der Waals surface area contributed by atoms with Crippen LogP contribution in [0, 0.1) is 11.8 Å². The second-order valence-electron chi connectivity index (χ2n) is 11.3. The van der Waals surface area contributed by atoms with Gasteiger partial charge in [-0.3, -0.25) is 14.9 Å². The van der Waals surface area contributed by atoms with Crippen molar-refractivity contribution in [1.82, 2.24) is 0 Å². The summed E-state index contributed by atoms with van der Waals surface area (Å²) in [6, 6.07) is 27.8. The van der Waals surface area contributed by atoms with Gasteiger partial charge in [-0.25, -0.2) is 4.79 Å². The van der Waals surface area contributed by atoms with Gasteiger partial charge in [-0.05, 0) is 48.9 Å². The summed E-state index contributed by atoms with van der Waals surface area (Å²) in [6.07, 6.45) is -1.94. The van der Waals surface area contributed by atoms with Crippen molar-refractivity contribution in [3.05, 3.63) is 114 Å². The third kappa shape index (κ3) is 8.60. The van der Waals surface area contributed by atoms with Gasteiger partial charge in [0.05, 0.1) is 18.4 Å². The first-order valence-corrected chi connectivity index (χ1v) is 15.4. The van der Waals surface area contributed by atoms with E-state index in [4.69, 9.17) is 23.7 Å². The maximum absolute atomic E-state index is 13.9. The average molecular weight is 630 g/mol. The van der Waals surface area contributed by atoms with Crippen LogP contribution >= 0.6 is 0 Å². The highest BCUT2D eigenvalue weighted by molar-refractivity contribution is 5.84. The fourth-order valence-electron chi connectivity index (χ4n) is 5.71. The van der Waals surface area contributed by atoms with Crippen molar-refractivity contribution in [2.24, 2.45) is 11.8 Å². The van der Waals surface area contributed by atoms with Crippen LogP contribution < -0.4 is 5.32 Å². The second-order valence-corrected chi connectivity index (χ2v) is 11.3. The number of amides is 1. The number of rotatable bonds is 8. The minimum atomic E-state index is -1.35. The Hall–Kier alpha value is -4.51. The summed E-state index contributed by atoms with van der Waals surface area (Å²) in [7, 11) is 1.35. The van der Waals surface area contributed by atoms with E-state index in [1.807, 2.05) is 72.8 Å². The number of aliphatic hydroxyl groups is 1. The van der Waals surface area contributed by atoms with Crippen LogP contribution in [-0.2, 0) is 46.1 Å². The van der Waals surface area contributed by atoms with Gasteiger partial charge in [0.15, 0.2) is 24.6 Å². The number of nitrogens with one attached hydrogen (secondary N) is 1. The standard InChI is InChI=1S/C36H39NO9/c1-42-35-32-31(30(29(23-38)43-35)46-36(41)37-28-19-9-4-10-20-28)44-33(39)26(21-24-13-5-2-6-14-24)17-11-12-18-27(34(40)45-32)22-25-15-7-3-8-16-25/h2-16,19-20,26-27,29-32,35,38H,17-18,21-23H2,1H3,(H,37,41)/b12-11-/t26-,27-,29+,30+,31-,32+,35-/m0/s1. The average Bonchev–Trinajstić information content (AvgIpc) is 3.07. The summed E-state index contributed by atoms with van der Waals surface area (Å²) < 4.78 is 29.4. The molecule has 2 N–H and O–H groups in total. The molecule has 3 aromatic rings. The second kappa shape index (κ2) is 16.2.